The van der Waals surface area contributed by atoms with E-state index in [-0.39, 0.29) is 0 Å². The number of aryl methyl sites for hydroxylation is 1. The zero-order valence-corrected chi connectivity index (χ0v) is 12.1. The minimum atomic E-state index is 0.335. The normalized spacial score (nSPS) is 13.2. The highest BCUT2D eigenvalue weighted by Gasteiger charge is 2.08. The molecule has 0 spiro atoms. The van der Waals surface area contributed by atoms with E-state index in [9.17, 15) is 0 Å². The maximum absolute atomic E-state index is 6.06. The van der Waals surface area contributed by atoms with Crippen molar-refractivity contribution >= 4 is 0 Å². The molecule has 2 heteroatoms. The van der Waals surface area contributed by atoms with E-state index in [1.165, 1.54) is 18.4 Å². The van der Waals surface area contributed by atoms with Gasteiger partial charge in [-0.2, -0.15) is 0 Å². The Morgan fingerprint density at radius 1 is 1.11 bits per heavy atom. The monoisotopic (exact) mass is 248 g/mol. The Kier molecular flexibility index (Phi) is 6.99. The predicted molar refractivity (Wildman–Crippen MR) is 79.7 cm³/mol. The third kappa shape index (κ3) is 6.18. The van der Waals surface area contributed by atoms with Crippen LogP contribution in [0.5, 0.6) is 0 Å². The molecule has 18 heavy (non-hydrogen) atoms. The number of nitrogens with two attached hydrogens (primary N) is 1. The number of hydrogen-bond donors (Lipinski definition) is 1. The number of nitrogens with zero attached hydrogens (tertiary/aromatic N) is 1. The van der Waals surface area contributed by atoms with Crippen molar-refractivity contribution in [1.82, 2.24) is 4.90 Å². The van der Waals surface area contributed by atoms with E-state index in [0.29, 0.717) is 12.0 Å². The van der Waals surface area contributed by atoms with Gasteiger partial charge in [0.05, 0.1) is 0 Å². The van der Waals surface area contributed by atoms with Crippen molar-refractivity contribution in [2.24, 2.45) is 11.7 Å². The summed E-state index contributed by atoms with van der Waals surface area (Å²) >= 11 is 0. The lowest BCUT2D eigenvalue weighted by atomic mass is 10.0. The average Bonchev–Trinajstić information content (AvgIpc) is 2.37. The molecule has 0 radical (unpaired) electrons. The third-order valence-electron chi connectivity index (χ3n) is 3.55. The van der Waals surface area contributed by atoms with E-state index < -0.39 is 0 Å². The molecule has 1 aromatic rings. The lowest BCUT2D eigenvalue weighted by Gasteiger charge is -2.21. The van der Waals surface area contributed by atoms with Crippen molar-refractivity contribution in [3.8, 4) is 0 Å². The van der Waals surface area contributed by atoms with Crippen LogP contribution in [0.2, 0.25) is 0 Å². The third-order valence-corrected chi connectivity index (χ3v) is 3.55. The molecule has 0 fully saturated rings. The van der Waals surface area contributed by atoms with Crippen molar-refractivity contribution < 1.29 is 0 Å². The molecule has 2 N–H and O–H groups in total. The molecule has 0 heterocycles. The molecular formula is C16H28N2. The van der Waals surface area contributed by atoms with E-state index in [2.05, 4.69) is 56.1 Å². The number of rotatable bonds is 8. The van der Waals surface area contributed by atoms with Crippen LogP contribution in [0.1, 0.15) is 32.3 Å². The Hall–Kier alpha value is -0.860. The first kappa shape index (κ1) is 15.2. The van der Waals surface area contributed by atoms with Gasteiger partial charge < -0.3 is 10.6 Å². The van der Waals surface area contributed by atoms with E-state index >= 15 is 0 Å². The molecule has 0 saturated carbocycles. The van der Waals surface area contributed by atoms with E-state index in [1.807, 2.05) is 0 Å². The summed E-state index contributed by atoms with van der Waals surface area (Å²) in [7, 11) is 2.19. The second kappa shape index (κ2) is 8.28. The van der Waals surface area contributed by atoms with Crippen molar-refractivity contribution in [3.63, 3.8) is 0 Å². The highest BCUT2D eigenvalue weighted by Crippen LogP contribution is 2.06. The number of hydrogen-bond acceptors (Lipinski definition) is 2. The van der Waals surface area contributed by atoms with Crippen LogP contribution in [0.25, 0.3) is 0 Å². The summed E-state index contributed by atoms with van der Waals surface area (Å²) in [5.41, 5.74) is 7.49. The summed E-state index contributed by atoms with van der Waals surface area (Å²) in [6.07, 6.45) is 3.48. The Morgan fingerprint density at radius 2 is 1.78 bits per heavy atom. The second-order valence-corrected chi connectivity index (χ2v) is 5.59. The molecule has 1 rings (SSSR count). The fraction of sp³-hybridized carbons (Fsp3) is 0.625. The fourth-order valence-electron chi connectivity index (χ4n) is 2.01. The molecule has 0 aliphatic carbocycles. The molecule has 0 amide bonds. The van der Waals surface area contributed by atoms with Gasteiger partial charge in [0.2, 0.25) is 0 Å². The van der Waals surface area contributed by atoms with Gasteiger partial charge in [-0.25, -0.2) is 0 Å². The molecule has 2 nitrogen and oxygen atoms in total. The molecule has 0 saturated heterocycles. The van der Waals surface area contributed by atoms with Crippen LogP contribution < -0.4 is 5.73 Å². The summed E-state index contributed by atoms with van der Waals surface area (Å²) in [5.74, 6) is 0.586. The molecule has 0 aliphatic rings. The van der Waals surface area contributed by atoms with Gasteiger partial charge in [-0.05, 0) is 50.9 Å². The van der Waals surface area contributed by atoms with Gasteiger partial charge in [0.15, 0.2) is 0 Å². The fourth-order valence-corrected chi connectivity index (χ4v) is 2.01. The van der Waals surface area contributed by atoms with Crippen molar-refractivity contribution in [2.75, 3.05) is 20.1 Å². The van der Waals surface area contributed by atoms with Crippen molar-refractivity contribution in [1.29, 1.82) is 0 Å². The number of benzene rings is 1. The molecule has 102 valence electrons. The first-order chi connectivity index (χ1) is 8.59. The SMILES string of the molecule is CC(C)C(N)CCN(C)CCCc1ccccc1. The average molecular weight is 248 g/mol. The summed E-state index contributed by atoms with van der Waals surface area (Å²) in [5, 5.41) is 0. The second-order valence-electron chi connectivity index (χ2n) is 5.59. The maximum Gasteiger partial charge on any atom is 0.00740 e. The van der Waals surface area contributed by atoms with Crippen LogP contribution >= 0.6 is 0 Å². The minimum Gasteiger partial charge on any atom is -0.327 e. The first-order valence-electron chi connectivity index (χ1n) is 7.07. The van der Waals surface area contributed by atoms with Gasteiger partial charge in [0, 0.05) is 6.04 Å². The molecule has 0 bridgehead atoms. The molecule has 0 aromatic heterocycles. The lowest BCUT2D eigenvalue weighted by Crippen LogP contribution is -2.32. The Bertz CT molecular complexity index is 308. The van der Waals surface area contributed by atoms with E-state index in [0.717, 1.165) is 19.5 Å². The molecular weight excluding hydrogens is 220 g/mol. The predicted octanol–water partition coefficient (Wildman–Crippen LogP) is 2.92. The van der Waals surface area contributed by atoms with Crippen molar-refractivity contribution in [2.45, 2.75) is 39.2 Å². The van der Waals surface area contributed by atoms with Crippen LogP contribution in [0.3, 0.4) is 0 Å². The lowest BCUT2D eigenvalue weighted by molar-refractivity contribution is 0.299. The van der Waals surface area contributed by atoms with Crippen LogP contribution in [-0.4, -0.2) is 31.1 Å². The molecule has 1 aromatic carbocycles. The quantitative estimate of drug-likeness (QED) is 0.766. The maximum atomic E-state index is 6.06. The van der Waals surface area contributed by atoms with Crippen LogP contribution in [0, 0.1) is 5.92 Å². The Labute approximate surface area is 112 Å². The molecule has 1 unspecified atom stereocenters. The van der Waals surface area contributed by atoms with Crippen LogP contribution in [0.4, 0.5) is 0 Å². The van der Waals surface area contributed by atoms with Crippen LogP contribution in [0.15, 0.2) is 30.3 Å². The zero-order chi connectivity index (χ0) is 13.4. The van der Waals surface area contributed by atoms with Gasteiger partial charge in [0.25, 0.3) is 0 Å². The standard InChI is InChI=1S/C16H28N2/c1-14(2)16(17)11-13-18(3)12-7-10-15-8-5-4-6-9-15/h4-6,8-9,14,16H,7,10-13,17H2,1-3H3. The largest absolute Gasteiger partial charge is 0.327 e. The topological polar surface area (TPSA) is 29.3 Å². The summed E-state index contributed by atoms with van der Waals surface area (Å²) in [6, 6.07) is 11.0. The van der Waals surface area contributed by atoms with Gasteiger partial charge in [-0.15, -0.1) is 0 Å². The summed E-state index contributed by atoms with van der Waals surface area (Å²) < 4.78 is 0. The van der Waals surface area contributed by atoms with Crippen LogP contribution in [-0.2, 0) is 6.42 Å². The highest BCUT2D eigenvalue weighted by molar-refractivity contribution is 5.14. The van der Waals surface area contributed by atoms with Gasteiger partial charge in [-0.1, -0.05) is 44.2 Å². The van der Waals surface area contributed by atoms with Crippen molar-refractivity contribution in [3.05, 3.63) is 35.9 Å². The Balaban J connectivity index is 2.12. The minimum absolute atomic E-state index is 0.335. The zero-order valence-electron chi connectivity index (χ0n) is 12.1. The van der Waals surface area contributed by atoms with Gasteiger partial charge >= 0.3 is 0 Å². The van der Waals surface area contributed by atoms with E-state index in [4.69, 9.17) is 5.73 Å². The van der Waals surface area contributed by atoms with E-state index in [1.54, 1.807) is 0 Å². The smallest absolute Gasteiger partial charge is 0.00740 e. The molecule has 1 atom stereocenters. The first-order valence-corrected chi connectivity index (χ1v) is 7.07. The summed E-state index contributed by atoms with van der Waals surface area (Å²) in [4.78, 5) is 2.39. The van der Waals surface area contributed by atoms with Gasteiger partial charge in [0.1, 0.15) is 0 Å². The highest BCUT2D eigenvalue weighted by atomic mass is 15.1. The Morgan fingerprint density at radius 3 is 2.39 bits per heavy atom. The van der Waals surface area contributed by atoms with Gasteiger partial charge in [-0.3, -0.25) is 0 Å². The summed E-state index contributed by atoms with van der Waals surface area (Å²) in [6.45, 7) is 6.65. The molecule has 0 aliphatic heterocycles.